The van der Waals surface area contributed by atoms with Crippen LogP contribution in [-0.2, 0) is 16.1 Å². The molecule has 1 aliphatic rings. The summed E-state index contributed by atoms with van der Waals surface area (Å²) in [5.41, 5.74) is 1.48. The predicted octanol–water partition coefficient (Wildman–Crippen LogP) is 4.19. The average molecular weight is 525 g/mol. The molecule has 8 nitrogen and oxygen atoms in total. The van der Waals surface area contributed by atoms with Gasteiger partial charge in [0.1, 0.15) is 11.5 Å². The quantitative estimate of drug-likeness (QED) is 0.282. The maximum absolute atomic E-state index is 13.2. The van der Waals surface area contributed by atoms with Gasteiger partial charge in [0.15, 0.2) is 11.5 Å². The number of phenolic OH excluding ortho intramolecular Hbond substituents is 1. The molecule has 2 N–H and O–H groups in total. The van der Waals surface area contributed by atoms with Crippen molar-refractivity contribution in [3.8, 4) is 17.2 Å². The fraction of sp³-hybridized carbons (Fsp3) is 0.160. The van der Waals surface area contributed by atoms with Crippen LogP contribution in [0.1, 0.15) is 22.7 Å². The van der Waals surface area contributed by atoms with Crippen LogP contribution in [0, 0.1) is 0 Å². The molecule has 3 aromatic rings. The van der Waals surface area contributed by atoms with Crippen molar-refractivity contribution in [1.29, 1.82) is 0 Å². The number of amides is 1. The molecule has 9 heteroatoms. The molecule has 0 radical (unpaired) electrons. The molecule has 1 unspecified atom stereocenters. The number of hydrogen-bond donors (Lipinski definition) is 2. The van der Waals surface area contributed by atoms with E-state index in [-0.39, 0.29) is 29.4 Å². The molecule has 0 spiro atoms. The standard InChI is InChI=1S/C25H21BrN2O6/c1-33-17-5-3-4-15(10-17)22(29)20-21(16-11-18(26)23(30)19(12-16)34-2)28(25(32)24(20)31)13-14-6-8-27-9-7-14/h3-12,21,29-30H,13H2,1-2H3. The van der Waals surface area contributed by atoms with E-state index in [0.29, 0.717) is 21.3 Å². The van der Waals surface area contributed by atoms with Gasteiger partial charge in [0, 0.05) is 24.5 Å². The van der Waals surface area contributed by atoms with E-state index in [9.17, 15) is 19.8 Å². The van der Waals surface area contributed by atoms with Crippen molar-refractivity contribution >= 4 is 33.4 Å². The number of aliphatic hydroxyl groups excluding tert-OH is 1. The summed E-state index contributed by atoms with van der Waals surface area (Å²) in [4.78, 5) is 31.8. The third kappa shape index (κ3) is 4.22. The topological polar surface area (TPSA) is 109 Å². The number of methoxy groups -OCH3 is 2. The van der Waals surface area contributed by atoms with Crippen molar-refractivity contribution in [2.24, 2.45) is 0 Å². The summed E-state index contributed by atoms with van der Waals surface area (Å²) in [6.07, 6.45) is 3.19. The number of ether oxygens (including phenoxy) is 2. The highest BCUT2D eigenvalue weighted by Crippen LogP contribution is 2.45. The number of benzene rings is 2. The van der Waals surface area contributed by atoms with Crippen molar-refractivity contribution in [3.63, 3.8) is 0 Å². The largest absolute Gasteiger partial charge is 0.507 e. The second kappa shape index (κ2) is 9.56. The number of aromatic nitrogens is 1. The number of Topliss-reactive ketones (excluding diaryl/α,β-unsaturated/α-hetero) is 1. The van der Waals surface area contributed by atoms with Crippen molar-refractivity contribution in [2.45, 2.75) is 12.6 Å². The fourth-order valence-corrected chi connectivity index (χ4v) is 4.37. The number of carbonyl (C=O) groups is 2. The Bertz CT molecular complexity index is 1290. The maximum Gasteiger partial charge on any atom is 0.295 e. The normalized spacial score (nSPS) is 17.1. The van der Waals surface area contributed by atoms with E-state index in [4.69, 9.17) is 9.47 Å². The van der Waals surface area contributed by atoms with Gasteiger partial charge in [-0.1, -0.05) is 12.1 Å². The first-order chi connectivity index (χ1) is 16.3. The number of nitrogens with zero attached hydrogens (tertiary/aromatic N) is 2. The van der Waals surface area contributed by atoms with Crippen molar-refractivity contribution in [2.75, 3.05) is 14.2 Å². The predicted molar refractivity (Wildman–Crippen MR) is 127 cm³/mol. The molecule has 1 atom stereocenters. The molecule has 0 saturated carbocycles. The Morgan fingerprint density at radius 2 is 1.82 bits per heavy atom. The van der Waals surface area contributed by atoms with E-state index in [1.165, 1.54) is 25.2 Å². The number of pyridine rings is 1. The van der Waals surface area contributed by atoms with E-state index in [2.05, 4.69) is 20.9 Å². The number of hydrogen-bond acceptors (Lipinski definition) is 7. The monoisotopic (exact) mass is 524 g/mol. The Hall–Kier alpha value is -3.85. The van der Waals surface area contributed by atoms with Crippen LogP contribution in [0.15, 0.2) is 71.0 Å². The van der Waals surface area contributed by atoms with Crippen LogP contribution in [0.4, 0.5) is 0 Å². The van der Waals surface area contributed by atoms with Gasteiger partial charge in [-0.2, -0.15) is 0 Å². The van der Waals surface area contributed by atoms with Gasteiger partial charge in [-0.3, -0.25) is 14.6 Å². The molecule has 4 rings (SSSR count). The van der Waals surface area contributed by atoms with Gasteiger partial charge in [-0.05, 0) is 63.5 Å². The lowest BCUT2D eigenvalue weighted by molar-refractivity contribution is -0.140. The van der Waals surface area contributed by atoms with Gasteiger partial charge in [-0.25, -0.2) is 0 Å². The number of phenols is 1. The SMILES string of the molecule is COc1cccc(C(O)=C2C(=O)C(=O)N(Cc3ccncc3)C2c2cc(Br)c(O)c(OC)c2)c1. The zero-order chi connectivity index (χ0) is 24.4. The molecule has 0 bridgehead atoms. The highest BCUT2D eigenvalue weighted by atomic mass is 79.9. The second-order valence-electron chi connectivity index (χ2n) is 7.57. The number of aromatic hydroxyl groups is 1. The summed E-state index contributed by atoms with van der Waals surface area (Å²) in [5, 5.41) is 21.5. The number of ketones is 1. The van der Waals surface area contributed by atoms with Crippen molar-refractivity contribution < 1.29 is 29.3 Å². The summed E-state index contributed by atoms with van der Waals surface area (Å²) in [7, 11) is 2.89. The zero-order valence-electron chi connectivity index (χ0n) is 18.4. The van der Waals surface area contributed by atoms with Gasteiger partial charge in [0.05, 0.1) is 30.3 Å². The third-order valence-corrected chi connectivity index (χ3v) is 6.18. The lowest BCUT2D eigenvalue weighted by atomic mass is 9.94. The Labute approximate surface area is 204 Å². The molecule has 2 heterocycles. The van der Waals surface area contributed by atoms with Crippen LogP contribution >= 0.6 is 15.9 Å². The van der Waals surface area contributed by atoms with E-state index in [1.807, 2.05) is 0 Å². The highest BCUT2D eigenvalue weighted by Gasteiger charge is 2.46. The first kappa shape index (κ1) is 23.3. The average Bonchev–Trinajstić information content (AvgIpc) is 3.10. The zero-order valence-corrected chi connectivity index (χ0v) is 19.9. The van der Waals surface area contributed by atoms with Crippen LogP contribution in [0.2, 0.25) is 0 Å². The molecule has 1 amide bonds. The maximum atomic E-state index is 13.2. The Morgan fingerprint density at radius 1 is 1.09 bits per heavy atom. The van der Waals surface area contributed by atoms with Gasteiger partial charge >= 0.3 is 0 Å². The number of rotatable bonds is 6. The van der Waals surface area contributed by atoms with Crippen LogP contribution < -0.4 is 9.47 Å². The van der Waals surface area contributed by atoms with E-state index >= 15 is 0 Å². The van der Waals surface area contributed by atoms with Crippen LogP contribution in [-0.4, -0.2) is 46.0 Å². The lowest BCUT2D eigenvalue weighted by Gasteiger charge is -2.26. The molecule has 1 aromatic heterocycles. The minimum Gasteiger partial charge on any atom is -0.507 e. The minimum atomic E-state index is -0.940. The summed E-state index contributed by atoms with van der Waals surface area (Å²) >= 11 is 3.30. The first-order valence-corrected chi connectivity index (χ1v) is 11.0. The van der Waals surface area contributed by atoms with E-state index in [0.717, 1.165) is 5.56 Å². The fourth-order valence-electron chi connectivity index (χ4n) is 3.91. The van der Waals surface area contributed by atoms with Crippen LogP contribution in [0.25, 0.3) is 5.76 Å². The molecule has 1 saturated heterocycles. The van der Waals surface area contributed by atoms with Gasteiger partial charge in [-0.15, -0.1) is 0 Å². The molecule has 34 heavy (non-hydrogen) atoms. The second-order valence-corrected chi connectivity index (χ2v) is 8.42. The number of halogens is 1. The van der Waals surface area contributed by atoms with Crippen molar-refractivity contribution in [3.05, 3.63) is 87.7 Å². The van der Waals surface area contributed by atoms with Gasteiger partial charge in [0.25, 0.3) is 11.7 Å². The molecular formula is C25H21BrN2O6. The Kier molecular flexibility index (Phi) is 6.56. The van der Waals surface area contributed by atoms with Gasteiger partial charge < -0.3 is 24.6 Å². The van der Waals surface area contributed by atoms with Crippen LogP contribution in [0.3, 0.4) is 0 Å². The first-order valence-electron chi connectivity index (χ1n) is 10.2. The number of aliphatic hydroxyl groups is 1. The summed E-state index contributed by atoms with van der Waals surface area (Å²) in [5.74, 6) is -1.38. The highest BCUT2D eigenvalue weighted by molar-refractivity contribution is 9.10. The molecule has 2 aromatic carbocycles. The molecule has 0 aliphatic carbocycles. The third-order valence-electron chi connectivity index (χ3n) is 5.57. The summed E-state index contributed by atoms with van der Waals surface area (Å²) in [6.45, 7) is 0.105. The Balaban J connectivity index is 1.93. The van der Waals surface area contributed by atoms with Gasteiger partial charge in [0.2, 0.25) is 0 Å². The minimum absolute atomic E-state index is 0.0769. The molecular weight excluding hydrogens is 504 g/mol. The summed E-state index contributed by atoms with van der Waals surface area (Å²) in [6, 6.07) is 12.3. The molecule has 174 valence electrons. The molecule has 1 fully saturated rings. The van der Waals surface area contributed by atoms with E-state index in [1.54, 1.807) is 54.9 Å². The van der Waals surface area contributed by atoms with Crippen molar-refractivity contribution in [1.82, 2.24) is 9.88 Å². The lowest BCUT2D eigenvalue weighted by Crippen LogP contribution is -2.29. The van der Waals surface area contributed by atoms with E-state index < -0.39 is 17.7 Å². The summed E-state index contributed by atoms with van der Waals surface area (Å²) < 4.78 is 10.8. The number of carbonyl (C=O) groups excluding carboxylic acids is 2. The number of likely N-dealkylation sites (tertiary alicyclic amines) is 1. The van der Waals surface area contributed by atoms with Crippen LogP contribution in [0.5, 0.6) is 17.2 Å². The molecule has 1 aliphatic heterocycles. The smallest absolute Gasteiger partial charge is 0.295 e. The Morgan fingerprint density at radius 3 is 2.50 bits per heavy atom.